The fourth-order valence-electron chi connectivity index (χ4n) is 3.14. The number of hydrogen-bond donors (Lipinski definition) is 2. The summed E-state index contributed by atoms with van der Waals surface area (Å²) in [5, 5.41) is 0. The minimum atomic E-state index is -3.90. The fraction of sp³-hybridized carbons (Fsp3) is 0.208. The third-order valence-electron chi connectivity index (χ3n) is 4.84. The highest BCUT2D eigenvalue weighted by molar-refractivity contribution is 7.92. The van der Waals surface area contributed by atoms with Gasteiger partial charge in [0, 0.05) is 5.69 Å². The first-order valence-corrected chi connectivity index (χ1v) is 11.6. The van der Waals surface area contributed by atoms with Crippen molar-refractivity contribution in [2.24, 2.45) is 0 Å². The van der Waals surface area contributed by atoms with Crippen LogP contribution in [-0.4, -0.2) is 21.5 Å². The first-order valence-electron chi connectivity index (χ1n) is 10.1. The Morgan fingerprint density at radius 3 is 2.31 bits per heavy atom. The highest BCUT2D eigenvalue weighted by Gasteiger charge is 2.20. The lowest BCUT2D eigenvalue weighted by Crippen LogP contribution is -2.16. The van der Waals surface area contributed by atoms with Crippen LogP contribution in [0.4, 0.5) is 11.4 Å². The van der Waals surface area contributed by atoms with Crippen LogP contribution >= 0.6 is 0 Å². The van der Waals surface area contributed by atoms with Crippen molar-refractivity contribution >= 4 is 27.4 Å². The van der Waals surface area contributed by atoms with E-state index in [2.05, 4.69) is 11.6 Å². The molecule has 0 amide bonds. The van der Waals surface area contributed by atoms with Crippen LogP contribution in [0.5, 0.6) is 11.5 Å². The monoisotopic (exact) mass is 454 g/mol. The van der Waals surface area contributed by atoms with E-state index in [4.69, 9.17) is 15.2 Å². The van der Waals surface area contributed by atoms with Gasteiger partial charge in [0.25, 0.3) is 10.0 Å². The molecule has 0 saturated carbocycles. The second-order valence-corrected chi connectivity index (χ2v) is 9.01. The molecule has 3 rings (SSSR count). The molecule has 0 atom stereocenters. The van der Waals surface area contributed by atoms with Crippen LogP contribution in [0.2, 0.25) is 0 Å². The van der Waals surface area contributed by atoms with Gasteiger partial charge >= 0.3 is 5.97 Å². The number of esters is 1. The Bertz CT molecular complexity index is 1220. The molecule has 3 aromatic carbocycles. The minimum absolute atomic E-state index is 0.0323. The van der Waals surface area contributed by atoms with Gasteiger partial charge < -0.3 is 15.2 Å². The molecular weight excluding hydrogens is 428 g/mol. The van der Waals surface area contributed by atoms with E-state index in [1.165, 1.54) is 31.4 Å². The third kappa shape index (κ3) is 5.39. The van der Waals surface area contributed by atoms with Crippen molar-refractivity contribution < 1.29 is 22.7 Å². The van der Waals surface area contributed by atoms with Gasteiger partial charge in [0.2, 0.25) is 0 Å². The van der Waals surface area contributed by atoms with Gasteiger partial charge in [-0.1, -0.05) is 31.0 Å². The predicted octanol–water partition coefficient (Wildman–Crippen LogP) is 4.91. The number of methoxy groups -OCH3 is 1. The van der Waals surface area contributed by atoms with Crippen molar-refractivity contribution in [3.63, 3.8) is 0 Å². The summed E-state index contributed by atoms with van der Waals surface area (Å²) >= 11 is 0. The molecule has 0 heterocycles. The van der Waals surface area contributed by atoms with Crippen molar-refractivity contribution in [1.82, 2.24) is 0 Å². The van der Waals surface area contributed by atoms with E-state index >= 15 is 0 Å². The molecule has 0 fully saturated rings. The van der Waals surface area contributed by atoms with Crippen LogP contribution < -0.4 is 15.2 Å². The molecule has 32 heavy (non-hydrogen) atoms. The van der Waals surface area contributed by atoms with E-state index in [1.54, 1.807) is 30.3 Å². The summed E-state index contributed by atoms with van der Waals surface area (Å²) in [5.74, 6) is 0.225. The van der Waals surface area contributed by atoms with Gasteiger partial charge in [0.05, 0.1) is 23.3 Å². The quantitative estimate of drug-likeness (QED) is 0.370. The Hall–Kier alpha value is -3.52. The maximum absolute atomic E-state index is 12.8. The van der Waals surface area contributed by atoms with Gasteiger partial charge in [0.15, 0.2) is 0 Å². The van der Waals surface area contributed by atoms with Crippen molar-refractivity contribution in [2.75, 3.05) is 17.6 Å². The van der Waals surface area contributed by atoms with Crippen LogP contribution in [0.1, 0.15) is 34.8 Å². The van der Waals surface area contributed by atoms with E-state index in [0.29, 0.717) is 17.2 Å². The van der Waals surface area contributed by atoms with Crippen molar-refractivity contribution in [1.29, 1.82) is 0 Å². The molecule has 3 aromatic rings. The van der Waals surface area contributed by atoms with Crippen LogP contribution in [0, 0.1) is 6.92 Å². The maximum Gasteiger partial charge on any atom is 0.340 e. The molecule has 168 valence electrons. The molecule has 0 radical (unpaired) electrons. The summed E-state index contributed by atoms with van der Waals surface area (Å²) in [5.41, 5.74) is 8.73. The second-order valence-electron chi connectivity index (χ2n) is 7.33. The molecule has 0 aliphatic heterocycles. The number of carbonyl (C=O) groups excluding carboxylic acids is 1. The third-order valence-corrected chi connectivity index (χ3v) is 6.22. The molecule has 8 heteroatoms. The SMILES string of the molecule is CCCc1cc(Oc2ccc(NS(=O)(=O)c3ccc(C)cc3)c(C(=O)OC)c2)ccc1N. The molecule has 0 aliphatic rings. The number of benzene rings is 3. The zero-order valence-electron chi connectivity index (χ0n) is 18.2. The topological polar surface area (TPSA) is 108 Å². The van der Waals surface area contributed by atoms with Crippen LogP contribution in [0.3, 0.4) is 0 Å². The molecule has 0 bridgehead atoms. The lowest BCUT2D eigenvalue weighted by Gasteiger charge is -2.14. The lowest BCUT2D eigenvalue weighted by atomic mass is 10.1. The summed E-state index contributed by atoms with van der Waals surface area (Å²) < 4.78 is 38.8. The van der Waals surface area contributed by atoms with E-state index in [9.17, 15) is 13.2 Å². The van der Waals surface area contributed by atoms with Gasteiger partial charge in [-0.3, -0.25) is 4.72 Å². The standard InChI is InChI=1S/C24H26N2O5S/c1-4-5-17-14-18(8-12-22(17)25)31-19-9-13-23(21(15-19)24(27)30-3)26-32(28,29)20-10-6-16(2)7-11-20/h6-15,26H,4-5,25H2,1-3H3. The number of carbonyl (C=O) groups is 1. The summed E-state index contributed by atoms with van der Waals surface area (Å²) in [6, 6.07) is 16.3. The summed E-state index contributed by atoms with van der Waals surface area (Å²) in [7, 11) is -2.67. The maximum atomic E-state index is 12.8. The molecule has 7 nitrogen and oxygen atoms in total. The number of rotatable bonds is 8. The van der Waals surface area contributed by atoms with Crippen molar-refractivity contribution in [3.05, 3.63) is 77.4 Å². The van der Waals surface area contributed by atoms with E-state index in [-0.39, 0.29) is 16.1 Å². The van der Waals surface area contributed by atoms with Crippen molar-refractivity contribution in [2.45, 2.75) is 31.6 Å². The largest absolute Gasteiger partial charge is 0.465 e. The number of sulfonamides is 1. The lowest BCUT2D eigenvalue weighted by molar-refractivity contribution is 0.0601. The van der Waals surface area contributed by atoms with Gasteiger partial charge in [-0.25, -0.2) is 13.2 Å². The summed E-state index contributed by atoms with van der Waals surface area (Å²) in [4.78, 5) is 12.4. The average molecular weight is 455 g/mol. The van der Waals surface area contributed by atoms with Gasteiger partial charge in [-0.05, 0) is 67.4 Å². The van der Waals surface area contributed by atoms with E-state index < -0.39 is 16.0 Å². The molecular formula is C24H26N2O5S. The Morgan fingerprint density at radius 1 is 1.00 bits per heavy atom. The zero-order valence-corrected chi connectivity index (χ0v) is 19.0. The molecule has 0 spiro atoms. The van der Waals surface area contributed by atoms with Crippen LogP contribution in [0.15, 0.2) is 65.6 Å². The first kappa shape index (κ1) is 23.1. The Labute approximate surface area is 188 Å². The molecule has 0 aliphatic carbocycles. The Kier molecular flexibility index (Phi) is 7.05. The molecule has 3 N–H and O–H groups in total. The normalized spacial score (nSPS) is 11.1. The Balaban J connectivity index is 1.92. The summed E-state index contributed by atoms with van der Waals surface area (Å²) in [6.07, 6.45) is 1.76. The van der Waals surface area contributed by atoms with Crippen LogP contribution in [-0.2, 0) is 21.2 Å². The zero-order chi connectivity index (χ0) is 23.3. The highest BCUT2D eigenvalue weighted by Crippen LogP contribution is 2.30. The van der Waals surface area contributed by atoms with Gasteiger partial charge in [-0.15, -0.1) is 0 Å². The number of nitrogens with one attached hydrogen (secondary N) is 1. The van der Waals surface area contributed by atoms with Crippen molar-refractivity contribution in [3.8, 4) is 11.5 Å². The van der Waals surface area contributed by atoms with E-state index in [1.807, 2.05) is 13.0 Å². The number of nitrogen functional groups attached to an aromatic ring is 1. The fourth-order valence-corrected chi connectivity index (χ4v) is 4.22. The number of ether oxygens (including phenoxy) is 2. The smallest absolute Gasteiger partial charge is 0.340 e. The van der Waals surface area contributed by atoms with Gasteiger partial charge in [0.1, 0.15) is 11.5 Å². The van der Waals surface area contributed by atoms with E-state index in [0.717, 1.165) is 24.0 Å². The number of hydrogen-bond acceptors (Lipinski definition) is 6. The van der Waals surface area contributed by atoms with Gasteiger partial charge in [-0.2, -0.15) is 0 Å². The first-order chi connectivity index (χ1) is 15.2. The number of aryl methyl sites for hydroxylation is 2. The minimum Gasteiger partial charge on any atom is -0.465 e. The Morgan fingerprint density at radius 2 is 1.66 bits per heavy atom. The number of anilines is 2. The highest BCUT2D eigenvalue weighted by atomic mass is 32.2. The molecule has 0 unspecified atom stereocenters. The second kappa shape index (κ2) is 9.74. The van der Waals surface area contributed by atoms with Crippen LogP contribution in [0.25, 0.3) is 0 Å². The molecule has 0 aromatic heterocycles. The molecule has 0 saturated heterocycles. The number of nitrogens with two attached hydrogens (primary N) is 1. The average Bonchev–Trinajstić information content (AvgIpc) is 2.77. The predicted molar refractivity (Wildman–Crippen MR) is 125 cm³/mol. The summed E-state index contributed by atoms with van der Waals surface area (Å²) in [6.45, 7) is 3.93.